The quantitative estimate of drug-likeness (QED) is 0.814. The van der Waals surface area contributed by atoms with E-state index in [1.807, 2.05) is 6.07 Å². The number of rotatable bonds is 4. The first-order valence-corrected chi connectivity index (χ1v) is 6.88. The molecule has 1 fully saturated rings. The van der Waals surface area contributed by atoms with Crippen LogP contribution >= 0.6 is 0 Å². The summed E-state index contributed by atoms with van der Waals surface area (Å²) in [5.74, 6) is 2.70. The molecule has 1 aliphatic carbocycles. The van der Waals surface area contributed by atoms with E-state index in [2.05, 4.69) is 24.3 Å². The van der Waals surface area contributed by atoms with Crippen LogP contribution in [0, 0.1) is 11.8 Å². The molecule has 0 spiro atoms. The second-order valence-corrected chi connectivity index (χ2v) is 5.57. The first kappa shape index (κ1) is 12.6. The maximum Gasteiger partial charge on any atom is 0.150 e. The van der Waals surface area contributed by atoms with Gasteiger partial charge < -0.3 is 9.84 Å². The molecule has 2 unspecified atom stereocenters. The van der Waals surface area contributed by atoms with Gasteiger partial charge in [-0.05, 0) is 31.1 Å². The van der Waals surface area contributed by atoms with E-state index in [1.165, 1.54) is 32.1 Å². The van der Waals surface area contributed by atoms with Crippen molar-refractivity contribution in [2.45, 2.75) is 58.5 Å². The molecule has 1 aromatic heterocycles. The van der Waals surface area contributed by atoms with Gasteiger partial charge >= 0.3 is 0 Å². The summed E-state index contributed by atoms with van der Waals surface area (Å²) < 4.78 is 5.10. The molecule has 0 radical (unpaired) electrons. The standard InChI is InChI=1S/C14H24N2O/c1-11(2)12-4-3-5-13(7-6-12)15-10-14-8-9-16-17-14/h8-9,11-13,15H,3-7,10H2,1-2H3. The van der Waals surface area contributed by atoms with Crippen LogP contribution in [0.3, 0.4) is 0 Å². The fourth-order valence-electron chi connectivity index (χ4n) is 2.78. The van der Waals surface area contributed by atoms with Crippen molar-refractivity contribution < 1.29 is 4.52 Å². The Balaban J connectivity index is 1.75. The molecular weight excluding hydrogens is 212 g/mol. The van der Waals surface area contributed by atoms with E-state index in [1.54, 1.807) is 6.20 Å². The lowest BCUT2D eigenvalue weighted by Gasteiger charge is -2.18. The van der Waals surface area contributed by atoms with Gasteiger partial charge in [-0.1, -0.05) is 31.8 Å². The van der Waals surface area contributed by atoms with Crippen molar-refractivity contribution in [3.63, 3.8) is 0 Å². The van der Waals surface area contributed by atoms with E-state index in [-0.39, 0.29) is 0 Å². The molecule has 1 N–H and O–H groups in total. The lowest BCUT2D eigenvalue weighted by atomic mass is 9.89. The molecule has 1 aromatic rings. The normalized spacial score (nSPS) is 26.1. The Morgan fingerprint density at radius 2 is 2.24 bits per heavy atom. The third-order valence-electron chi connectivity index (χ3n) is 4.01. The highest BCUT2D eigenvalue weighted by Crippen LogP contribution is 2.28. The van der Waals surface area contributed by atoms with Gasteiger partial charge in [-0.15, -0.1) is 0 Å². The van der Waals surface area contributed by atoms with Crippen molar-refractivity contribution in [1.82, 2.24) is 10.5 Å². The Morgan fingerprint density at radius 1 is 1.35 bits per heavy atom. The molecule has 0 aliphatic heterocycles. The van der Waals surface area contributed by atoms with Crippen LogP contribution in [-0.4, -0.2) is 11.2 Å². The van der Waals surface area contributed by atoms with Gasteiger partial charge in [0.15, 0.2) is 0 Å². The Hall–Kier alpha value is -0.830. The lowest BCUT2D eigenvalue weighted by Crippen LogP contribution is -2.27. The minimum Gasteiger partial charge on any atom is -0.360 e. The van der Waals surface area contributed by atoms with Crippen molar-refractivity contribution >= 4 is 0 Å². The highest BCUT2D eigenvalue weighted by atomic mass is 16.5. The zero-order chi connectivity index (χ0) is 12.1. The highest BCUT2D eigenvalue weighted by molar-refractivity contribution is 4.92. The minimum absolute atomic E-state index is 0.656. The number of hydrogen-bond donors (Lipinski definition) is 1. The lowest BCUT2D eigenvalue weighted by molar-refractivity contribution is 0.332. The summed E-state index contributed by atoms with van der Waals surface area (Å²) >= 11 is 0. The van der Waals surface area contributed by atoms with Crippen LogP contribution in [0.15, 0.2) is 16.8 Å². The molecule has 2 atom stereocenters. The Bertz CT molecular complexity index is 308. The van der Waals surface area contributed by atoms with Crippen LogP contribution < -0.4 is 5.32 Å². The van der Waals surface area contributed by atoms with E-state index in [0.717, 1.165) is 24.1 Å². The van der Waals surface area contributed by atoms with Crippen LogP contribution in [0.5, 0.6) is 0 Å². The van der Waals surface area contributed by atoms with Crippen LogP contribution in [0.4, 0.5) is 0 Å². The molecule has 0 saturated heterocycles. The first-order valence-electron chi connectivity index (χ1n) is 6.88. The molecule has 17 heavy (non-hydrogen) atoms. The van der Waals surface area contributed by atoms with Crippen molar-refractivity contribution in [3.05, 3.63) is 18.0 Å². The zero-order valence-corrected chi connectivity index (χ0v) is 11.0. The number of hydrogen-bond acceptors (Lipinski definition) is 3. The molecule has 0 aromatic carbocycles. The summed E-state index contributed by atoms with van der Waals surface area (Å²) in [6, 6.07) is 2.59. The van der Waals surface area contributed by atoms with Gasteiger partial charge in [-0.25, -0.2) is 0 Å². The van der Waals surface area contributed by atoms with Gasteiger partial charge in [0.25, 0.3) is 0 Å². The zero-order valence-electron chi connectivity index (χ0n) is 11.0. The second kappa shape index (κ2) is 6.20. The molecule has 0 amide bonds. The van der Waals surface area contributed by atoms with Gasteiger partial charge in [0.1, 0.15) is 5.76 Å². The molecular formula is C14H24N2O. The van der Waals surface area contributed by atoms with Crippen LogP contribution in [0.25, 0.3) is 0 Å². The van der Waals surface area contributed by atoms with Crippen LogP contribution in [0.2, 0.25) is 0 Å². The van der Waals surface area contributed by atoms with Gasteiger partial charge in [0.05, 0.1) is 12.7 Å². The maximum absolute atomic E-state index is 5.10. The van der Waals surface area contributed by atoms with E-state index < -0.39 is 0 Å². The van der Waals surface area contributed by atoms with E-state index in [0.29, 0.717) is 6.04 Å². The summed E-state index contributed by atoms with van der Waals surface area (Å²) in [6.45, 7) is 5.52. The second-order valence-electron chi connectivity index (χ2n) is 5.57. The van der Waals surface area contributed by atoms with Gasteiger partial charge in [0.2, 0.25) is 0 Å². The molecule has 1 saturated carbocycles. The molecule has 96 valence electrons. The van der Waals surface area contributed by atoms with Gasteiger partial charge in [0, 0.05) is 12.1 Å². The van der Waals surface area contributed by atoms with Crippen molar-refractivity contribution in [2.24, 2.45) is 11.8 Å². The summed E-state index contributed by atoms with van der Waals surface area (Å²) in [5.41, 5.74) is 0. The van der Waals surface area contributed by atoms with Crippen molar-refractivity contribution in [2.75, 3.05) is 0 Å². The fourth-order valence-corrected chi connectivity index (χ4v) is 2.78. The monoisotopic (exact) mass is 236 g/mol. The largest absolute Gasteiger partial charge is 0.360 e. The molecule has 1 aliphatic rings. The number of nitrogens with one attached hydrogen (secondary N) is 1. The fraction of sp³-hybridized carbons (Fsp3) is 0.786. The first-order chi connectivity index (χ1) is 8.25. The summed E-state index contributed by atoms with van der Waals surface area (Å²) in [6.07, 6.45) is 8.44. The number of aromatic nitrogens is 1. The Kier molecular flexibility index (Phi) is 4.60. The Labute approximate surface area is 104 Å². The van der Waals surface area contributed by atoms with Gasteiger partial charge in [-0.2, -0.15) is 0 Å². The predicted octanol–water partition coefficient (Wildman–Crippen LogP) is 3.37. The average molecular weight is 236 g/mol. The number of nitrogens with zero attached hydrogens (tertiary/aromatic N) is 1. The topological polar surface area (TPSA) is 38.1 Å². The minimum atomic E-state index is 0.656. The third-order valence-corrected chi connectivity index (χ3v) is 4.01. The SMILES string of the molecule is CC(C)C1CCCC(NCc2ccno2)CC1. The summed E-state index contributed by atoms with van der Waals surface area (Å²) in [7, 11) is 0. The van der Waals surface area contributed by atoms with Crippen LogP contribution in [-0.2, 0) is 6.54 Å². The molecule has 2 rings (SSSR count). The van der Waals surface area contributed by atoms with E-state index in [4.69, 9.17) is 4.52 Å². The third kappa shape index (κ3) is 3.84. The van der Waals surface area contributed by atoms with Crippen molar-refractivity contribution in [1.29, 1.82) is 0 Å². The maximum atomic E-state index is 5.10. The molecule has 3 nitrogen and oxygen atoms in total. The smallest absolute Gasteiger partial charge is 0.150 e. The van der Waals surface area contributed by atoms with E-state index in [9.17, 15) is 0 Å². The highest BCUT2D eigenvalue weighted by Gasteiger charge is 2.20. The summed E-state index contributed by atoms with van der Waals surface area (Å²) in [4.78, 5) is 0. The van der Waals surface area contributed by atoms with Crippen molar-refractivity contribution in [3.8, 4) is 0 Å². The Morgan fingerprint density at radius 3 is 2.94 bits per heavy atom. The van der Waals surface area contributed by atoms with Crippen LogP contribution in [0.1, 0.15) is 51.7 Å². The molecule has 1 heterocycles. The molecule has 0 bridgehead atoms. The molecule has 3 heteroatoms. The average Bonchev–Trinajstić information content (AvgIpc) is 2.70. The summed E-state index contributed by atoms with van der Waals surface area (Å²) in [5, 5.41) is 7.31. The van der Waals surface area contributed by atoms with Gasteiger partial charge in [-0.3, -0.25) is 0 Å². The van der Waals surface area contributed by atoms with E-state index >= 15 is 0 Å². The predicted molar refractivity (Wildman–Crippen MR) is 68.5 cm³/mol.